The molecule has 0 spiro atoms. The second kappa shape index (κ2) is 26.0. The SMILES string of the molecule is CCCCCCCC[CH2][Mo][CH2]CCCCCCCC.OP(O)(O)=S.OP(O)(O)=S. The quantitative estimate of drug-likeness (QED) is 0.0775. The molecule has 0 aromatic heterocycles. The minimum absolute atomic E-state index is 0.398. The van der Waals surface area contributed by atoms with Gasteiger partial charge in [-0.2, -0.15) is 0 Å². The smallest absolute Gasteiger partial charge is 0.319 e. The van der Waals surface area contributed by atoms with E-state index in [-0.39, 0.29) is 0 Å². The third-order valence-corrected chi connectivity index (χ3v) is 6.62. The maximum absolute atomic E-state index is 7.56. The van der Waals surface area contributed by atoms with Crippen LogP contribution in [0.3, 0.4) is 0 Å². The number of hydrogen-bond donors (Lipinski definition) is 6. The molecule has 0 aliphatic carbocycles. The van der Waals surface area contributed by atoms with Crippen LogP contribution >= 0.6 is 13.4 Å². The van der Waals surface area contributed by atoms with E-state index in [4.69, 9.17) is 29.4 Å². The van der Waals surface area contributed by atoms with Gasteiger partial charge in [0.05, 0.1) is 0 Å². The molecule has 0 fully saturated rings. The molecule has 0 heterocycles. The Morgan fingerprint density at radius 1 is 0.483 bits per heavy atom. The predicted molar refractivity (Wildman–Crippen MR) is 127 cm³/mol. The first kappa shape index (κ1) is 35.3. The maximum Gasteiger partial charge on any atom is 0.319 e. The Morgan fingerprint density at radius 3 is 0.931 bits per heavy atom. The Labute approximate surface area is 197 Å². The van der Waals surface area contributed by atoms with Gasteiger partial charge < -0.3 is 29.4 Å². The normalized spacial score (nSPS) is 11.3. The molecule has 0 aliphatic heterocycles. The molecule has 11 heteroatoms. The third-order valence-electron chi connectivity index (χ3n) is 3.78. The van der Waals surface area contributed by atoms with E-state index in [1.165, 1.54) is 77.0 Å². The molecule has 0 bridgehead atoms. The van der Waals surface area contributed by atoms with Crippen LogP contribution in [0.1, 0.15) is 104 Å². The molecule has 180 valence electrons. The van der Waals surface area contributed by atoms with E-state index < -0.39 is 13.4 Å². The summed E-state index contributed by atoms with van der Waals surface area (Å²) in [5.74, 6) is 0. The molecular weight excluding hydrogens is 534 g/mol. The van der Waals surface area contributed by atoms with Crippen LogP contribution in [0.25, 0.3) is 0 Å². The summed E-state index contributed by atoms with van der Waals surface area (Å²) in [4.78, 5) is 48.6. The Bertz CT molecular complexity index is 355. The zero-order valence-electron chi connectivity index (χ0n) is 18.1. The van der Waals surface area contributed by atoms with Crippen molar-refractivity contribution in [1.29, 1.82) is 0 Å². The van der Waals surface area contributed by atoms with Crippen LogP contribution in [0, 0.1) is 0 Å². The molecular formula is C18H44MoO6P2S2. The fraction of sp³-hybridized carbons (Fsp3) is 1.00. The summed E-state index contributed by atoms with van der Waals surface area (Å²) >= 11 is 7.61. The predicted octanol–water partition coefficient (Wildman–Crippen LogP) is 5.78. The summed E-state index contributed by atoms with van der Waals surface area (Å²) in [5.41, 5.74) is 0. The molecule has 0 aliphatic rings. The molecule has 6 N–H and O–H groups in total. The molecule has 0 saturated heterocycles. The van der Waals surface area contributed by atoms with E-state index >= 15 is 0 Å². The van der Waals surface area contributed by atoms with Gasteiger partial charge in [-0.1, -0.05) is 0 Å². The minimum atomic E-state index is -3.81. The molecule has 0 unspecified atom stereocenters. The average Bonchev–Trinajstić information content (AvgIpc) is 2.55. The molecule has 0 amide bonds. The van der Waals surface area contributed by atoms with Crippen LogP contribution < -0.4 is 0 Å². The largest absolute Gasteiger partial charge is 0.325 e. The van der Waals surface area contributed by atoms with E-state index in [2.05, 4.69) is 37.5 Å². The van der Waals surface area contributed by atoms with E-state index in [0.29, 0.717) is 18.6 Å². The Morgan fingerprint density at radius 2 is 0.690 bits per heavy atom. The van der Waals surface area contributed by atoms with Gasteiger partial charge in [-0.3, -0.25) is 0 Å². The molecule has 0 atom stereocenters. The second-order valence-corrected chi connectivity index (χ2v) is 14.9. The van der Waals surface area contributed by atoms with Crippen LogP contribution in [0.15, 0.2) is 0 Å². The fourth-order valence-electron chi connectivity index (χ4n) is 2.42. The number of hydrogen-bond acceptors (Lipinski definition) is 2. The first-order chi connectivity index (χ1) is 13.4. The van der Waals surface area contributed by atoms with Gasteiger partial charge in [-0.05, 0) is 23.6 Å². The second-order valence-electron chi connectivity index (χ2n) is 6.88. The molecule has 6 nitrogen and oxygen atoms in total. The molecule has 29 heavy (non-hydrogen) atoms. The topological polar surface area (TPSA) is 121 Å². The molecule has 0 saturated carbocycles. The summed E-state index contributed by atoms with van der Waals surface area (Å²) in [5, 5.41) is 0. The van der Waals surface area contributed by atoms with Gasteiger partial charge >= 0.3 is 145 Å². The van der Waals surface area contributed by atoms with Gasteiger partial charge in [0.15, 0.2) is 0 Å². The Kier molecular flexibility index (Phi) is 31.7. The van der Waals surface area contributed by atoms with Gasteiger partial charge in [-0.25, -0.2) is 0 Å². The summed E-state index contributed by atoms with van der Waals surface area (Å²) in [6.07, 6.45) is 20.7. The van der Waals surface area contributed by atoms with Crippen molar-refractivity contribution in [2.75, 3.05) is 0 Å². The van der Waals surface area contributed by atoms with E-state index in [1.54, 1.807) is 22.5 Å². The van der Waals surface area contributed by atoms with E-state index in [0.717, 1.165) is 0 Å². The summed E-state index contributed by atoms with van der Waals surface area (Å²) in [7, 11) is 0. The van der Waals surface area contributed by atoms with Crippen molar-refractivity contribution in [1.82, 2.24) is 0 Å². The van der Waals surface area contributed by atoms with Crippen LogP contribution in [-0.2, 0) is 42.2 Å². The summed E-state index contributed by atoms with van der Waals surface area (Å²) in [6, 6.07) is 0. The molecule has 0 radical (unpaired) electrons. The van der Waals surface area contributed by atoms with Gasteiger partial charge in [0.25, 0.3) is 0 Å². The van der Waals surface area contributed by atoms with E-state index in [1.807, 2.05) is 0 Å². The average molecular weight is 579 g/mol. The fourth-order valence-corrected chi connectivity index (χ4v) is 4.93. The third kappa shape index (κ3) is 72.7. The van der Waals surface area contributed by atoms with Crippen molar-refractivity contribution < 1.29 is 47.9 Å². The van der Waals surface area contributed by atoms with Crippen LogP contribution in [-0.4, -0.2) is 29.4 Å². The van der Waals surface area contributed by atoms with Crippen molar-refractivity contribution in [2.24, 2.45) is 0 Å². The van der Waals surface area contributed by atoms with Gasteiger partial charge in [-0.15, -0.1) is 0 Å². The molecule has 0 rings (SSSR count). The first-order valence-electron chi connectivity index (χ1n) is 10.6. The van der Waals surface area contributed by atoms with Gasteiger partial charge in [0, 0.05) is 0 Å². The molecule has 0 aromatic rings. The maximum atomic E-state index is 7.56. The van der Waals surface area contributed by atoms with Crippen LogP contribution in [0.4, 0.5) is 0 Å². The summed E-state index contributed by atoms with van der Waals surface area (Å²) in [6.45, 7) is -3.01. The molecule has 0 aromatic carbocycles. The zero-order valence-corrected chi connectivity index (χ0v) is 23.5. The monoisotopic (exact) mass is 580 g/mol. The summed E-state index contributed by atoms with van der Waals surface area (Å²) < 4.78 is 0. The van der Waals surface area contributed by atoms with E-state index in [9.17, 15) is 0 Å². The van der Waals surface area contributed by atoms with Gasteiger partial charge in [0.2, 0.25) is 0 Å². The van der Waals surface area contributed by atoms with Crippen molar-refractivity contribution >= 4 is 37.1 Å². The minimum Gasteiger partial charge on any atom is -0.325 e. The number of unbranched alkanes of at least 4 members (excludes halogenated alkanes) is 12. The Hall–Kier alpha value is 1.75. The number of rotatable bonds is 16. The van der Waals surface area contributed by atoms with Gasteiger partial charge in [0.1, 0.15) is 0 Å². The van der Waals surface area contributed by atoms with Crippen molar-refractivity contribution in [3.63, 3.8) is 0 Å². The van der Waals surface area contributed by atoms with Crippen LogP contribution in [0.5, 0.6) is 0 Å². The van der Waals surface area contributed by atoms with Crippen molar-refractivity contribution in [2.45, 2.75) is 113 Å². The Balaban J connectivity index is -0.000000555. The van der Waals surface area contributed by atoms with Crippen molar-refractivity contribution in [3.8, 4) is 0 Å². The van der Waals surface area contributed by atoms with Crippen LogP contribution in [0.2, 0.25) is 9.62 Å². The zero-order chi connectivity index (χ0) is 23.0. The first-order valence-corrected chi connectivity index (χ1v) is 18.7. The standard InChI is InChI=1S/2C9H19.Mo.2H3O3PS/c2*1-3-5-7-9-8-6-4-2;;2*1-4(2,3)5/h2*1,3-9H2,2H3;;2*(H3,1,2,3,5). The van der Waals surface area contributed by atoms with Crippen molar-refractivity contribution in [3.05, 3.63) is 0 Å².